The average molecular weight is 305 g/mol. The largest absolute Gasteiger partial charge is 0.497 e. The van der Waals surface area contributed by atoms with E-state index in [0.717, 1.165) is 35.7 Å². The summed E-state index contributed by atoms with van der Waals surface area (Å²) in [5, 5.41) is 4.08. The minimum atomic E-state index is -0.152. The topological polar surface area (TPSA) is 44.9 Å². The van der Waals surface area contributed by atoms with E-state index < -0.39 is 0 Å². The van der Waals surface area contributed by atoms with Gasteiger partial charge in [-0.2, -0.15) is 5.10 Å². The van der Waals surface area contributed by atoms with Gasteiger partial charge < -0.3 is 9.30 Å². The van der Waals surface area contributed by atoms with E-state index in [-0.39, 0.29) is 5.38 Å². The fraction of sp³-hybridized carbons (Fsp3) is 0.333. The minimum absolute atomic E-state index is 0.152. The third kappa shape index (κ3) is 2.74. The van der Waals surface area contributed by atoms with Gasteiger partial charge in [0.1, 0.15) is 11.6 Å². The lowest BCUT2D eigenvalue weighted by Gasteiger charge is -2.10. The molecule has 2 heterocycles. The van der Waals surface area contributed by atoms with Crippen LogP contribution in [0.25, 0.3) is 11.0 Å². The maximum Gasteiger partial charge on any atom is 0.127 e. The number of aryl methyl sites for hydroxylation is 2. The molecule has 3 aromatic rings. The van der Waals surface area contributed by atoms with Gasteiger partial charge in [-0.25, -0.2) is 4.98 Å². The van der Waals surface area contributed by atoms with Crippen molar-refractivity contribution in [3.63, 3.8) is 0 Å². The van der Waals surface area contributed by atoms with Crippen molar-refractivity contribution in [1.82, 2.24) is 19.3 Å². The van der Waals surface area contributed by atoms with Crippen LogP contribution in [-0.2, 0) is 13.1 Å². The van der Waals surface area contributed by atoms with Crippen molar-refractivity contribution in [2.75, 3.05) is 7.11 Å². The molecular formula is C15H17ClN4O. The van der Waals surface area contributed by atoms with Crippen molar-refractivity contribution < 1.29 is 4.74 Å². The lowest BCUT2D eigenvalue weighted by molar-refractivity contribution is 0.415. The molecule has 6 heteroatoms. The van der Waals surface area contributed by atoms with Crippen LogP contribution in [-0.4, -0.2) is 26.4 Å². The normalized spacial score (nSPS) is 12.7. The average Bonchev–Trinajstić information content (AvgIpc) is 3.11. The van der Waals surface area contributed by atoms with Crippen LogP contribution in [0, 0.1) is 0 Å². The zero-order valence-electron chi connectivity index (χ0n) is 12.0. The van der Waals surface area contributed by atoms with Crippen LogP contribution < -0.4 is 4.74 Å². The molecule has 110 valence electrons. The Morgan fingerprint density at radius 3 is 2.86 bits per heavy atom. The molecule has 1 atom stereocenters. The van der Waals surface area contributed by atoms with E-state index >= 15 is 0 Å². The molecule has 0 aliphatic rings. The third-order valence-corrected chi connectivity index (χ3v) is 3.65. The smallest absolute Gasteiger partial charge is 0.127 e. The Kier molecular flexibility index (Phi) is 3.84. The zero-order chi connectivity index (χ0) is 14.8. The van der Waals surface area contributed by atoms with Gasteiger partial charge in [-0.15, -0.1) is 11.6 Å². The van der Waals surface area contributed by atoms with Gasteiger partial charge in [0.2, 0.25) is 0 Å². The number of benzene rings is 1. The van der Waals surface area contributed by atoms with E-state index in [9.17, 15) is 0 Å². The molecule has 0 saturated carbocycles. The highest BCUT2D eigenvalue weighted by Crippen LogP contribution is 2.27. The number of nitrogens with zero attached hydrogens (tertiary/aromatic N) is 4. The Bertz CT molecular complexity index is 734. The second-order valence-corrected chi connectivity index (χ2v) is 5.52. The number of alkyl halides is 1. The highest BCUT2D eigenvalue weighted by atomic mass is 35.5. The summed E-state index contributed by atoms with van der Waals surface area (Å²) < 4.78 is 9.30. The molecule has 0 aliphatic carbocycles. The first kappa shape index (κ1) is 13.9. The summed E-state index contributed by atoms with van der Waals surface area (Å²) in [6.07, 6.45) is 3.73. The number of hydrogen-bond donors (Lipinski definition) is 0. The molecule has 1 unspecified atom stereocenters. The highest BCUT2D eigenvalue weighted by Gasteiger charge is 2.15. The van der Waals surface area contributed by atoms with Crippen LogP contribution in [0.2, 0.25) is 0 Å². The SMILES string of the molecule is COc1ccc2c(c1)nc(C(C)Cl)n2CCn1cccn1. The van der Waals surface area contributed by atoms with E-state index in [4.69, 9.17) is 16.3 Å². The van der Waals surface area contributed by atoms with Gasteiger partial charge >= 0.3 is 0 Å². The molecule has 21 heavy (non-hydrogen) atoms. The monoisotopic (exact) mass is 304 g/mol. The summed E-state index contributed by atoms with van der Waals surface area (Å²) in [5.74, 6) is 1.67. The van der Waals surface area contributed by atoms with Crippen molar-refractivity contribution in [2.24, 2.45) is 0 Å². The van der Waals surface area contributed by atoms with E-state index in [0.29, 0.717) is 0 Å². The van der Waals surface area contributed by atoms with Gasteiger partial charge in [0, 0.05) is 25.0 Å². The van der Waals surface area contributed by atoms with Crippen LogP contribution in [0.4, 0.5) is 0 Å². The van der Waals surface area contributed by atoms with E-state index in [1.807, 2.05) is 42.1 Å². The third-order valence-electron chi connectivity index (χ3n) is 3.45. The highest BCUT2D eigenvalue weighted by molar-refractivity contribution is 6.20. The molecule has 0 fully saturated rings. The number of ether oxygens (including phenoxy) is 1. The number of imidazole rings is 1. The van der Waals surface area contributed by atoms with E-state index in [1.54, 1.807) is 13.3 Å². The fourth-order valence-corrected chi connectivity index (χ4v) is 2.60. The number of rotatable bonds is 5. The molecule has 0 N–H and O–H groups in total. The van der Waals surface area contributed by atoms with Gasteiger partial charge in [0.25, 0.3) is 0 Å². The first-order valence-electron chi connectivity index (χ1n) is 6.84. The number of halogens is 1. The van der Waals surface area contributed by atoms with Crippen LogP contribution in [0.5, 0.6) is 5.75 Å². The molecule has 0 spiro atoms. The minimum Gasteiger partial charge on any atom is -0.497 e. The molecule has 0 radical (unpaired) electrons. The first-order chi connectivity index (χ1) is 10.2. The Morgan fingerprint density at radius 2 is 2.19 bits per heavy atom. The van der Waals surface area contributed by atoms with Crippen LogP contribution in [0.1, 0.15) is 18.1 Å². The van der Waals surface area contributed by atoms with Crippen molar-refractivity contribution in [2.45, 2.75) is 25.4 Å². The second-order valence-electron chi connectivity index (χ2n) is 4.86. The molecule has 5 nitrogen and oxygen atoms in total. The van der Waals surface area contributed by atoms with E-state index in [1.165, 1.54) is 0 Å². The van der Waals surface area contributed by atoms with Crippen LogP contribution in [0.3, 0.4) is 0 Å². The maximum atomic E-state index is 6.28. The Labute approximate surface area is 128 Å². The standard InChI is InChI=1S/C15H17ClN4O/c1-11(16)15-18-13-10-12(21-2)4-5-14(13)20(15)9-8-19-7-3-6-17-19/h3-7,10-11H,8-9H2,1-2H3. The Balaban J connectivity index is 1.99. The number of aromatic nitrogens is 4. The van der Waals surface area contributed by atoms with Crippen molar-refractivity contribution >= 4 is 22.6 Å². The summed E-state index contributed by atoms with van der Waals surface area (Å²) in [6.45, 7) is 3.49. The predicted molar refractivity (Wildman–Crippen MR) is 82.8 cm³/mol. The van der Waals surface area contributed by atoms with Gasteiger partial charge in [-0.05, 0) is 25.1 Å². The zero-order valence-corrected chi connectivity index (χ0v) is 12.8. The molecule has 3 rings (SSSR count). The predicted octanol–water partition coefficient (Wildman–Crippen LogP) is 3.24. The van der Waals surface area contributed by atoms with Gasteiger partial charge in [-0.3, -0.25) is 4.68 Å². The van der Waals surface area contributed by atoms with Crippen molar-refractivity contribution in [3.05, 3.63) is 42.5 Å². The van der Waals surface area contributed by atoms with Gasteiger partial charge in [0.15, 0.2) is 0 Å². The molecule has 1 aromatic carbocycles. The molecular weight excluding hydrogens is 288 g/mol. The quantitative estimate of drug-likeness (QED) is 0.680. The van der Waals surface area contributed by atoms with Gasteiger partial charge in [0.05, 0.1) is 30.1 Å². The summed E-state index contributed by atoms with van der Waals surface area (Å²) in [5.41, 5.74) is 1.96. The van der Waals surface area contributed by atoms with Crippen LogP contribution in [0.15, 0.2) is 36.7 Å². The fourth-order valence-electron chi connectivity index (χ4n) is 2.43. The number of fused-ring (bicyclic) bond motifs is 1. The molecule has 0 bridgehead atoms. The van der Waals surface area contributed by atoms with Crippen molar-refractivity contribution in [3.8, 4) is 5.75 Å². The Morgan fingerprint density at radius 1 is 1.33 bits per heavy atom. The van der Waals surface area contributed by atoms with Gasteiger partial charge in [-0.1, -0.05) is 0 Å². The van der Waals surface area contributed by atoms with Crippen LogP contribution >= 0.6 is 11.6 Å². The number of hydrogen-bond acceptors (Lipinski definition) is 3. The maximum absolute atomic E-state index is 6.28. The Hall–Kier alpha value is -2.01. The van der Waals surface area contributed by atoms with E-state index in [2.05, 4.69) is 14.6 Å². The van der Waals surface area contributed by atoms with Crippen molar-refractivity contribution in [1.29, 1.82) is 0 Å². The summed E-state index contributed by atoms with van der Waals surface area (Å²) in [7, 11) is 1.65. The molecule has 2 aromatic heterocycles. The molecule has 0 aliphatic heterocycles. The molecule has 0 amide bonds. The lowest BCUT2D eigenvalue weighted by Crippen LogP contribution is -2.11. The second kappa shape index (κ2) is 5.77. The summed E-state index contributed by atoms with van der Waals surface area (Å²) in [6, 6.07) is 7.81. The lowest BCUT2D eigenvalue weighted by atomic mass is 10.3. The summed E-state index contributed by atoms with van der Waals surface area (Å²) >= 11 is 6.28. The number of methoxy groups -OCH3 is 1. The molecule has 0 saturated heterocycles. The summed E-state index contributed by atoms with van der Waals surface area (Å²) in [4.78, 5) is 4.64. The first-order valence-corrected chi connectivity index (χ1v) is 7.28.